The fourth-order valence-electron chi connectivity index (χ4n) is 4.85. The van der Waals surface area contributed by atoms with Crippen molar-refractivity contribution in [3.63, 3.8) is 0 Å². The molecule has 3 aromatic carbocycles. The lowest BCUT2D eigenvalue weighted by molar-refractivity contribution is -0.130. The Morgan fingerprint density at radius 2 is 1.57 bits per heavy atom. The molecule has 0 aromatic heterocycles. The molecule has 0 radical (unpaired) electrons. The number of carbonyl (C=O) groups excluding carboxylic acids is 1. The van der Waals surface area contributed by atoms with E-state index in [0.29, 0.717) is 63.5 Å². The van der Waals surface area contributed by atoms with Crippen LogP contribution in [-0.4, -0.2) is 58.7 Å². The molecule has 10 nitrogen and oxygen atoms in total. The van der Waals surface area contributed by atoms with E-state index in [1.54, 1.807) is 42.5 Å². The number of allylic oxidation sites excluding steroid dienone is 1. The zero-order valence-electron chi connectivity index (χ0n) is 24.4. The van der Waals surface area contributed by atoms with Crippen molar-refractivity contribution < 1.29 is 47.9 Å². The fourth-order valence-corrected chi connectivity index (χ4v) is 4.85. The minimum absolute atomic E-state index is 0.0133. The first-order valence-electron chi connectivity index (χ1n) is 13.2. The van der Waals surface area contributed by atoms with E-state index in [2.05, 4.69) is 0 Å². The number of carbonyl (C=O) groups is 2. The van der Waals surface area contributed by atoms with Crippen molar-refractivity contribution in [2.24, 2.45) is 5.92 Å². The maximum absolute atomic E-state index is 14.1. The van der Waals surface area contributed by atoms with Gasteiger partial charge in [-0.1, -0.05) is 6.08 Å². The maximum atomic E-state index is 14.1. The molecule has 0 saturated heterocycles. The van der Waals surface area contributed by atoms with Crippen LogP contribution in [0.4, 0.5) is 0 Å². The Labute approximate surface area is 244 Å². The van der Waals surface area contributed by atoms with Crippen molar-refractivity contribution in [3.05, 3.63) is 70.8 Å². The highest BCUT2D eigenvalue weighted by Gasteiger charge is 2.27. The van der Waals surface area contributed by atoms with Gasteiger partial charge >= 0.3 is 5.97 Å². The number of aryl methyl sites for hydroxylation is 1. The lowest BCUT2D eigenvalue weighted by Crippen LogP contribution is -2.18. The summed E-state index contributed by atoms with van der Waals surface area (Å²) in [5.74, 6) is 0.576. The van der Waals surface area contributed by atoms with Crippen LogP contribution >= 0.6 is 0 Å². The number of aliphatic carboxylic acids is 1. The summed E-state index contributed by atoms with van der Waals surface area (Å²) < 4.78 is 38.5. The largest absolute Gasteiger partial charge is 0.494 e. The number of benzene rings is 3. The third kappa shape index (κ3) is 6.22. The molecule has 1 atom stereocenters. The Morgan fingerprint density at radius 1 is 0.881 bits per heavy atom. The monoisotopic (exact) mass is 578 g/mol. The summed E-state index contributed by atoms with van der Waals surface area (Å²) in [5.41, 5.74) is 2.08. The summed E-state index contributed by atoms with van der Waals surface area (Å²) in [4.78, 5) is 26.7. The van der Waals surface area contributed by atoms with E-state index in [1.165, 1.54) is 34.5 Å². The molecule has 42 heavy (non-hydrogen) atoms. The number of hydrogen-bond acceptors (Lipinski definition) is 9. The standard InChI is InChI=1S/C32H34O10/c1-7-40-24-9-8-20(10-18(24)2)29(33)22(11-19-12-25(36-3)30(39-6)26(13-19)37-4)14-23(32(34)35)21-15-27(38-5)31-28(16-21)41-17-42-31/h8-10,12-16,22H,7,11,17H2,1-6H3,(H,34,35)/b23-14+. The molecule has 1 aliphatic heterocycles. The van der Waals surface area contributed by atoms with Gasteiger partial charge in [-0.3, -0.25) is 4.79 Å². The van der Waals surface area contributed by atoms with Gasteiger partial charge in [-0.2, -0.15) is 0 Å². The number of ether oxygens (including phenoxy) is 7. The third-order valence-corrected chi connectivity index (χ3v) is 6.84. The van der Waals surface area contributed by atoms with Crippen molar-refractivity contribution in [2.75, 3.05) is 41.8 Å². The highest BCUT2D eigenvalue weighted by Crippen LogP contribution is 2.44. The minimum Gasteiger partial charge on any atom is -0.494 e. The Morgan fingerprint density at radius 3 is 2.14 bits per heavy atom. The molecule has 0 amide bonds. The van der Waals surface area contributed by atoms with Crippen molar-refractivity contribution in [1.29, 1.82) is 0 Å². The zero-order chi connectivity index (χ0) is 30.4. The molecule has 3 aromatic rings. The van der Waals surface area contributed by atoms with Gasteiger partial charge in [-0.05, 0) is 79.4 Å². The first-order valence-corrected chi connectivity index (χ1v) is 13.2. The highest BCUT2D eigenvalue weighted by molar-refractivity contribution is 6.17. The number of ketones is 1. The van der Waals surface area contributed by atoms with Gasteiger partial charge in [-0.15, -0.1) is 0 Å². The van der Waals surface area contributed by atoms with Crippen LogP contribution in [0.5, 0.6) is 40.2 Å². The van der Waals surface area contributed by atoms with Crippen LogP contribution in [-0.2, 0) is 11.2 Å². The number of hydrogen-bond donors (Lipinski definition) is 1. The second kappa shape index (κ2) is 13.2. The minimum atomic E-state index is -1.22. The van der Waals surface area contributed by atoms with E-state index in [0.717, 1.165) is 5.56 Å². The molecular weight excluding hydrogens is 544 g/mol. The molecule has 1 aliphatic rings. The van der Waals surface area contributed by atoms with Crippen molar-refractivity contribution in [3.8, 4) is 40.2 Å². The predicted molar refractivity (Wildman–Crippen MR) is 155 cm³/mol. The first kappa shape index (κ1) is 30.1. The first-order chi connectivity index (χ1) is 20.2. The average Bonchev–Trinajstić information content (AvgIpc) is 3.47. The van der Waals surface area contributed by atoms with Gasteiger partial charge in [0.2, 0.25) is 18.3 Å². The van der Waals surface area contributed by atoms with Crippen LogP contribution in [0.25, 0.3) is 5.57 Å². The highest BCUT2D eigenvalue weighted by atomic mass is 16.7. The van der Waals surface area contributed by atoms with Crippen molar-refractivity contribution in [1.82, 2.24) is 0 Å². The van der Waals surface area contributed by atoms with Gasteiger partial charge in [0.15, 0.2) is 28.8 Å². The molecule has 0 spiro atoms. The second-order valence-corrected chi connectivity index (χ2v) is 9.42. The van der Waals surface area contributed by atoms with Crippen LogP contribution in [0, 0.1) is 12.8 Å². The van der Waals surface area contributed by atoms with Crippen LogP contribution in [0.2, 0.25) is 0 Å². The van der Waals surface area contributed by atoms with Gasteiger partial charge in [0.25, 0.3) is 0 Å². The normalized spacial score (nSPS) is 12.9. The lowest BCUT2D eigenvalue weighted by atomic mass is 9.87. The Balaban J connectivity index is 1.85. The van der Waals surface area contributed by atoms with Crippen molar-refractivity contribution in [2.45, 2.75) is 20.3 Å². The number of Topliss-reactive ketones (excluding diaryl/α,β-unsaturated/α-hetero) is 1. The van der Waals surface area contributed by atoms with Crippen LogP contribution in [0.3, 0.4) is 0 Å². The maximum Gasteiger partial charge on any atom is 0.335 e. The molecule has 0 bridgehead atoms. The van der Waals surface area contributed by atoms with E-state index in [-0.39, 0.29) is 24.6 Å². The summed E-state index contributed by atoms with van der Waals surface area (Å²) in [7, 11) is 5.96. The third-order valence-electron chi connectivity index (χ3n) is 6.84. The van der Waals surface area contributed by atoms with E-state index < -0.39 is 11.9 Å². The molecule has 0 saturated carbocycles. The van der Waals surface area contributed by atoms with Gasteiger partial charge < -0.3 is 38.3 Å². The molecule has 0 aliphatic carbocycles. The zero-order valence-corrected chi connectivity index (χ0v) is 24.4. The predicted octanol–water partition coefficient (Wildman–Crippen LogP) is 5.37. The number of fused-ring (bicyclic) bond motifs is 1. The molecule has 222 valence electrons. The van der Waals surface area contributed by atoms with Crippen LogP contribution < -0.4 is 33.2 Å². The van der Waals surface area contributed by atoms with E-state index in [1.807, 2.05) is 13.8 Å². The van der Waals surface area contributed by atoms with E-state index in [4.69, 9.17) is 33.2 Å². The number of rotatable bonds is 13. The molecule has 1 unspecified atom stereocenters. The average molecular weight is 579 g/mol. The number of carboxylic acids is 1. The van der Waals surface area contributed by atoms with Crippen LogP contribution in [0.1, 0.15) is 34.0 Å². The smallest absolute Gasteiger partial charge is 0.335 e. The SMILES string of the molecule is CCOc1ccc(C(=O)C(/C=C(/C(=O)O)c2cc(OC)c3c(c2)OCO3)Cc2cc(OC)c(OC)c(OC)c2)cc1C. The Kier molecular flexibility index (Phi) is 9.46. The van der Waals surface area contributed by atoms with Crippen molar-refractivity contribution >= 4 is 17.3 Å². The van der Waals surface area contributed by atoms with E-state index in [9.17, 15) is 14.7 Å². The fraction of sp³-hybridized carbons (Fsp3) is 0.312. The summed E-state index contributed by atoms with van der Waals surface area (Å²) in [6.07, 6.45) is 1.59. The summed E-state index contributed by atoms with van der Waals surface area (Å²) in [6.45, 7) is 4.21. The van der Waals surface area contributed by atoms with Gasteiger partial charge in [0.1, 0.15) is 5.75 Å². The van der Waals surface area contributed by atoms with Crippen LogP contribution in [0.15, 0.2) is 48.5 Å². The number of methoxy groups -OCH3 is 4. The lowest BCUT2D eigenvalue weighted by Gasteiger charge is -2.18. The van der Waals surface area contributed by atoms with Gasteiger partial charge in [0, 0.05) is 11.5 Å². The number of carboxylic acid groups (broad SMARTS) is 1. The molecule has 0 fully saturated rings. The molecule has 1 N–H and O–H groups in total. The molecule has 10 heteroatoms. The Hall–Kier alpha value is -4.86. The topological polar surface area (TPSA) is 119 Å². The Bertz CT molecular complexity index is 1480. The second-order valence-electron chi connectivity index (χ2n) is 9.42. The quantitative estimate of drug-likeness (QED) is 0.210. The van der Waals surface area contributed by atoms with Gasteiger partial charge in [-0.25, -0.2) is 4.79 Å². The summed E-state index contributed by atoms with van der Waals surface area (Å²) >= 11 is 0. The summed E-state index contributed by atoms with van der Waals surface area (Å²) in [5, 5.41) is 10.3. The van der Waals surface area contributed by atoms with E-state index >= 15 is 0 Å². The molecular formula is C32H34O10. The van der Waals surface area contributed by atoms with Gasteiger partial charge in [0.05, 0.1) is 40.6 Å². The summed E-state index contributed by atoms with van der Waals surface area (Å²) in [6, 6.07) is 11.8. The molecule has 1 heterocycles. The molecule has 4 rings (SSSR count).